The fourth-order valence-corrected chi connectivity index (χ4v) is 2.46. The Bertz CT molecular complexity index is 1100. The van der Waals surface area contributed by atoms with E-state index in [1.165, 1.54) is 35.2 Å². The molecule has 4 rings (SSSR count). The lowest BCUT2D eigenvalue weighted by molar-refractivity contribution is 0.0941. The summed E-state index contributed by atoms with van der Waals surface area (Å²) in [5.74, 6) is 0.136. The van der Waals surface area contributed by atoms with Crippen LogP contribution in [0.25, 0.3) is 17.0 Å². The highest BCUT2D eigenvalue weighted by atomic mass is 19.1. The van der Waals surface area contributed by atoms with Gasteiger partial charge in [-0.25, -0.2) is 9.37 Å². The van der Waals surface area contributed by atoms with Gasteiger partial charge in [0.25, 0.3) is 5.91 Å². The average molecular weight is 379 g/mol. The van der Waals surface area contributed by atoms with Gasteiger partial charge in [-0.3, -0.25) is 9.78 Å². The summed E-state index contributed by atoms with van der Waals surface area (Å²) in [5, 5.41) is 15.2. The number of nitrogens with zero attached hydrogens (tertiary/aromatic N) is 6. The summed E-state index contributed by atoms with van der Waals surface area (Å²) in [5.41, 5.74) is 1.44. The number of benzene rings is 1. The largest absolute Gasteiger partial charge is 0.475 e. The van der Waals surface area contributed by atoms with E-state index in [9.17, 15) is 9.18 Å². The monoisotopic (exact) mass is 379 g/mol. The molecule has 0 bridgehead atoms. The molecule has 0 aliphatic rings. The van der Waals surface area contributed by atoms with Crippen LogP contribution in [0.1, 0.15) is 10.5 Å². The number of halogens is 1. The Morgan fingerprint density at radius 2 is 1.96 bits per heavy atom. The second kappa shape index (κ2) is 7.74. The smallest absolute Gasteiger partial charge is 0.271 e. The summed E-state index contributed by atoms with van der Waals surface area (Å²) < 4.78 is 20.2. The van der Waals surface area contributed by atoms with Gasteiger partial charge in [0.1, 0.15) is 18.1 Å². The molecule has 140 valence electrons. The van der Waals surface area contributed by atoms with Gasteiger partial charge in [0.05, 0.1) is 12.7 Å². The predicted octanol–water partition coefficient (Wildman–Crippen LogP) is 1.53. The number of carbonyl (C=O) groups excluding carboxylic acids is 1. The van der Waals surface area contributed by atoms with Crippen LogP contribution in [0.15, 0.2) is 55.0 Å². The maximum absolute atomic E-state index is 13.1. The first-order valence-corrected chi connectivity index (χ1v) is 8.36. The summed E-state index contributed by atoms with van der Waals surface area (Å²) in [7, 11) is 0. The summed E-state index contributed by atoms with van der Waals surface area (Å²) in [6, 6.07) is 9.25. The van der Waals surface area contributed by atoms with E-state index < -0.39 is 0 Å². The first kappa shape index (κ1) is 17.5. The van der Waals surface area contributed by atoms with Crippen molar-refractivity contribution in [1.29, 1.82) is 0 Å². The van der Waals surface area contributed by atoms with E-state index in [0.717, 1.165) is 0 Å². The normalized spacial score (nSPS) is 10.8. The number of fused-ring (bicyclic) bond motifs is 1. The number of ether oxygens (including phenoxy) is 1. The molecule has 3 aromatic heterocycles. The highest BCUT2D eigenvalue weighted by Crippen LogP contribution is 2.19. The van der Waals surface area contributed by atoms with E-state index in [4.69, 9.17) is 4.74 Å². The fourth-order valence-electron chi connectivity index (χ4n) is 2.46. The Morgan fingerprint density at radius 1 is 1.11 bits per heavy atom. The second-order valence-corrected chi connectivity index (χ2v) is 5.67. The van der Waals surface area contributed by atoms with E-state index in [1.54, 1.807) is 24.3 Å². The van der Waals surface area contributed by atoms with Crippen LogP contribution in [-0.4, -0.2) is 48.8 Å². The minimum absolute atomic E-state index is 0.207. The van der Waals surface area contributed by atoms with Gasteiger partial charge in [-0.2, -0.15) is 4.52 Å². The highest BCUT2D eigenvalue weighted by molar-refractivity contribution is 5.91. The van der Waals surface area contributed by atoms with Crippen molar-refractivity contribution in [1.82, 2.24) is 35.1 Å². The topological polar surface area (TPSA) is 107 Å². The van der Waals surface area contributed by atoms with Crippen LogP contribution >= 0.6 is 0 Å². The molecular formula is C18H14FN7O2. The second-order valence-electron chi connectivity index (χ2n) is 5.67. The standard InChI is InChI=1S/C18H14FN7O2/c19-13-3-1-12(2-4-13)17-24-23-15-5-6-16(25-26(15)17)28-10-9-22-18(27)14-11-20-7-8-21-14/h1-8,11H,9-10H2,(H,22,27). The van der Waals surface area contributed by atoms with Crippen molar-refractivity contribution < 1.29 is 13.9 Å². The maximum atomic E-state index is 13.1. The molecule has 1 amide bonds. The van der Waals surface area contributed by atoms with Crippen LogP contribution in [0, 0.1) is 5.82 Å². The summed E-state index contributed by atoms with van der Waals surface area (Å²) in [6.45, 7) is 0.473. The third kappa shape index (κ3) is 3.75. The van der Waals surface area contributed by atoms with E-state index >= 15 is 0 Å². The van der Waals surface area contributed by atoms with Crippen molar-refractivity contribution >= 4 is 11.6 Å². The highest BCUT2D eigenvalue weighted by Gasteiger charge is 2.11. The van der Waals surface area contributed by atoms with Crippen LogP contribution in [0.5, 0.6) is 5.88 Å². The molecule has 0 fully saturated rings. The van der Waals surface area contributed by atoms with Gasteiger partial charge >= 0.3 is 0 Å². The van der Waals surface area contributed by atoms with Gasteiger partial charge < -0.3 is 10.1 Å². The van der Waals surface area contributed by atoms with Crippen LogP contribution in [0.3, 0.4) is 0 Å². The molecule has 28 heavy (non-hydrogen) atoms. The van der Waals surface area contributed by atoms with E-state index in [-0.39, 0.29) is 30.6 Å². The Kier molecular flexibility index (Phi) is 4.83. The van der Waals surface area contributed by atoms with Crippen molar-refractivity contribution in [2.75, 3.05) is 13.2 Å². The zero-order valence-corrected chi connectivity index (χ0v) is 14.5. The van der Waals surface area contributed by atoms with E-state index in [1.807, 2.05) is 0 Å². The minimum atomic E-state index is -0.336. The molecule has 0 radical (unpaired) electrons. The molecule has 0 aliphatic heterocycles. The van der Waals surface area contributed by atoms with Crippen molar-refractivity contribution in [2.24, 2.45) is 0 Å². The third-order valence-electron chi connectivity index (χ3n) is 3.77. The van der Waals surface area contributed by atoms with Crippen LogP contribution < -0.4 is 10.1 Å². The van der Waals surface area contributed by atoms with E-state index in [2.05, 4.69) is 30.6 Å². The lowest BCUT2D eigenvalue weighted by Gasteiger charge is -2.07. The van der Waals surface area contributed by atoms with Gasteiger partial charge in [0.15, 0.2) is 11.5 Å². The summed E-state index contributed by atoms with van der Waals surface area (Å²) >= 11 is 0. The van der Waals surface area contributed by atoms with Gasteiger partial charge in [0, 0.05) is 24.0 Å². The van der Waals surface area contributed by atoms with Crippen LogP contribution in [0.4, 0.5) is 4.39 Å². The molecule has 10 heteroatoms. The van der Waals surface area contributed by atoms with Gasteiger partial charge in [-0.1, -0.05) is 0 Å². The zero-order chi connectivity index (χ0) is 19.3. The average Bonchev–Trinajstić information content (AvgIpc) is 3.15. The lowest BCUT2D eigenvalue weighted by Crippen LogP contribution is -2.29. The van der Waals surface area contributed by atoms with Crippen LogP contribution in [0.2, 0.25) is 0 Å². The summed E-state index contributed by atoms with van der Waals surface area (Å²) in [4.78, 5) is 19.7. The number of amides is 1. The van der Waals surface area contributed by atoms with Crippen molar-refractivity contribution in [3.63, 3.8) is 0 Å². The quantitative estimate of drug-likeness (QED) is 0.506. The number of aromatic nitrogens is 6. The molecule has 0 unspecified atom stereocenters. The minimum Gasteiger partial charge on any atom is -0.475 e. The van der Waals surface area contributed by atoms with Gasteiger partial charge in [-0.05, 0) is 30.3 Å². The maximum Gasteiger partial charge on any atom is 0.271 e. The van der Waals surface area contributed by atoms with Gasteiger partial charge in [-0.15, -0.1) is 15.3 Å². The Hall–Kier alpha value is -3.95. The number of carbonyl (C=O) groups is 1. The van der Waals surface area contributed by atoms with Crippen molar-refractivity contribution in [2.45, 2.75) is 0 Å². The first-order chi connectivity index (χ1) is 13.7. The molecule has 0 saturated heterocycles. The molecule has 1 aromatic carbocycles. The molecule has 3 heterocycles. The Balaban J connectivity index is 1.41. The molecule has 0 spiro atoms. The van der Waals surface area contributed by atoms with Gasteiger partial charge in [0.2, 0.25) is 5.88 Å². The Labute approximate surface area is 158 Å². The lowest BCUT2D eigenvalue weighted by atomic mass is 10.2. The number of rotatable bonds is 6. The van der Waals surface area contributed by atoms with Crippen molar-refractivity contribution in [3.05, 3.63) is 66.5 Å². The fraction of sp³-hybridized carbons (Fsp3) is 0.111. The third-order valence-corrected chi connectivity index (χ3v) is 3.77. The predicted molar refractivity (Wildman–Crippen MR) is 96.0 cm³/mol. The zero-order valence-electron chi connectivity index (χ0n) is 14.5. The number of hydrogen-bond donors (Lipinski definition) is 1. The SMILES string of the molecule is O=C(NCCOc1ccc2nnc(-c3ccc(F)cc3)n2n1)c1cnccn1. The first-order valence-electron chi connectivity index (χ1n) is 8.36. The van der Waals surface area contributed by atoms with Crippen LogP contribution in [-0.2, 0) is 0 Å². The molecule has 0 saturated carbocycles. The molecule has 0 atom stereocenters. The molecule has 9 nitrogen and oxygen atoms in total. The summed E-state index contributed by atoms with van der Waals surface area (Å²) in [6.07, 6.45) is 4.32. The molecule has 0 aliphatic carbocycles. The van der Waals surface area contributed by atoms with Crippen molar-refractivity contribution in [3.8, 4) is 17.3 Å². The molecule has 4 aromatic rings. The number of nitrogens with one attached hydrogen (secondary N) is 1. The Morgan fingerprint density at radius 3 is 2.75 bits per heavy atom. The molecule has 1 N–H and O–H groups in total. The number of hydrogen-bond acceptors (Lipinski definition) is 7. The van der Waals surface area contributed by atoms with E-state index in [0.29, 0.717) is 22.9 Å². The molecular weight excluding hydrogens is 365 g/mol.